The van der Waals surface area contributed by atoms with Gasteiger partial charge in [0.25, 0.3) is 0 Å². The number of halogens is 1. The van der Waals surface area contributed by atoms with Crippen LogP contribution in [0.4, 0.5) is 5.82 Å². The molecule has 15 nitrogen and oxygen atoms in total. The first-order valence-electron chi connectivity index (χ1n) is 14.1. The van der Waals surface area contributed by atoms with Crippen LogP contribution in [0.3, 0.4) is 0 Å². The number of azide groups is 1. The number of nitrogens with zero attached hydrogens (tertiary/aromatic N) is 5. The summed E-state index contributed by atoms with van der Waals surface area (Å²) in [5.41, 5.74) is 14.8. The van der Waals surface area contributed by atoms with Gasteiger partial charge in [0.2, 0.25) is 0 Å². The van der Waals surface area contributed by atoms with E-state index in [2.05, 4.69) is 20.3 Å². The lowest BCUT2D eigenvalue weighted by Crippen LogP contribution is -2.37. The lowest BCUT2D eigenvalue weighted by Gasteiger charge is -2.28. The quantitative estimate of drug-likeness (QED) is 0.0343. The predicted octanol–water partition coefficient (Wildman–Crippen LogP) is 5.56. The van der Waals surface area contributed by atoms with Gasteiger partial charge >= 0.3 is 19.4 Å². The molecule has 1 aromatic carbocycles. The van der Waals surface area contributed by atoms with Gasteiger partial charge in [-0.2, -0.15) is 10.1 Å². The zero-order valence-corrected chi connectivity index (χ0v) is 27.3. The number of carbonyl (C=O) groups excluding carboxylic acids is 1. The van der Waals surface area contributed by atoms with Crippen molar-refractivity contribution in [1.29, 1.82) is 0 Å². The zero-order valence-electron chi connectivity index (χ0n) is 25.7. The number of aromatic nitrogens is 2. The molecule has 4 N–H and O–H groups in total. The molecule has 0 aliphatic rings. The normalized spacial score (nSPS) is 15.4. The molecule has 0 amide bonds. The van der Waals surface area contributed by atoms with E-state index in [1.807, 2.05) is 20.8 Å². The summed E-state index contributed by atoms with van der Waals surface area (Å²) in [6.07, 6.45) is 0.167. The van der Waals surface area contributed by atoms with Crippen LogP contribution < -0.4 is 21.0 Å². The van der Waals surface area contributed by atoms with Crippen molar-refractivity contribution in [1.82, 2.24) is 14.6 Å². The number of aliphatic hydroxyl groups is 1. The first kappa shape index (κ1) is 36.9. The number of ether oxygens (including phenoxy) is 1. The topological polar surface area (TPSA) is 213 Å². The van der Waals surface area contributed by atoms with Gasteiger partial charge < -0.3 is 24.9 Å². The molecule has 1 heterocycles. The number of unbranched alkanes of at least 4 members (excludes halogenated alkanes) is 1. The number of hydrogen-bond donors (Lipinski definition) is 3. The Bertz CT molecular complexity index is 1420. The van der Waals surface area contributed by atoms with Gasteiger partial charge in [0.1, 0.15) is 22.9 Å². The Morgan fingerprint density at radius 2 is 2.00 bits per heavy atom. The van der Waals surface area contributed by atoms with Crippen molar-refractivity contribution in [3.63, 3.8) is 0 Å². The van der Waals surface area contributed by atoms with E-state index in [4.69, 9.17) is 41.5 Å². The number of rotatable bonds is 18. The number of nitrogens with one attached hydrogen (secondary N) is 1. The molecular formula is C27H41ClN7O8P. The van der Waals surface area contributed by atoms with E-state index in [1.165, 1.54) is 19.2 Å². The Hall–Kier alpha value is -3.32. The van der Waals surface area contributed by atoms with Crippen molar-refractivity contribution < 1.29 is 33.1 Å². The Morgan fingerprint density at radius 1 is 1.30 bits per heavy atom. The summed E-state index contributed by atoms with van der Waals surface area (Å²) in [5, 5.41) is 17.2. The average molecular weight is 658 g/mol. The Kier molecular flexibility index (Phi) is 14.4. The second-order valence-electron chi connectivity index (χ2n) is 10.5. The van der Waals surface area contributed by atoms with Crippen molar-refractivity contribution in [2.75, 3.05) is 18.9 Å². The number of nitrogens with two attached hydrogens (primary N) is 1. The Labute approximate surface area is 261 Å². The van der Waals surface area contributed by atoms with Crippen LogP contribution in [0.5, 0.6) is 5.75 Å². The molecular weight excluding hydrogens is 617 g/mol. The van der Waals surface area contributed by atoms with Gasteiger partial charge in [-0.15, -0.1) is 0 Å². The Balaban J connectivity index is 2.29. The third-order valence-corrected chi connectivity index (χ3v) is 8.70. The van der Waals surface area contributed by atoms with Gasteiger partial charge in [-0.1, -0.05) is 45.7 Å². The number of aryl methyl sites for hydroxylation is 1. The molecule has 0 aliphatic carbocycles. The molecule has 17 heteroatoms. The highest BCUT2D eigenvalue weighted by Gasteiger charge is 2.35. The van der Waals surface area contributed by atoms with E-state index in [1.54, 1.807) is 26.0 Å². The van der Waals surface area contributed by atoms with Crippen LogP contribution in [-0.2, 0) is 23.5 Å². The highest BCUT2D eigenvalue weighted by molar-refractivity contribution is 7.52. The number of hydrogen-bond acceptors (Lipinski definition) is 11. The number of esters is 1. The van der Waals surface area contributed by atoms with E-state index in [0.29, 0.717) is 22.6 Å². The van der Waals surface area contributed by atoms with E-state index < -0.39 is 43.7 Å². The third kappa shape index (κ3) is 10.7. The van der Waals surface area contributed by atoms with Gasteiger partial charge in [-0.3, -0.25) is 13.9 Å². The lowest BCUT2D eigenvalue weighted by atomic mass is 10.0. The summed E-state index contributed by atoms with van der Waals surface area (Å²) in [6, 6.07) is 3.62. The summed E-state index contributed by atoms with van der Waals surface area (Å²) < 4.78 is 32.0. The molecule has 44 heavy (non-hydrogen) atoms. The smallest absolute Gasteiger partial charge is 0.459 e. The molecule has 0 fully saturated rings. The second kappa shape index (κ2) is 17.2. The summed E-state index contributed by atoms with van der Waals surface area (Å²) in [6.45, 7) is 10.4. The summed E-state index contributed by atoms with van der Waals surface area (Å²) in [7, 11) is -4.27. The first-order chi connectivity index (χ1) is 20.7. The summed E-state index contributed by atoms with van der Waals surface area (Å²) >= 11 is 6.33. The minimum Gasteiger partial charge on any atom is -0.465 e. The molecule has 0 saturated carbocycles. The van der Waals surface area contributed by atoms with Crippen molar-refractivity contribution in [2.24, 2.45) is 11.2 Å². The fourth-order valence-corrected chi connectivity index (χ4v) is 5.68. The largest absolute Gasteiger partial charge is 0.465 e. The molecule has 2 rings (SSSR count). The highest BCUT2D eigenvalue weighted by atomic mass is 35.5. The van der Waals surface area contributed by atoms with E-state index in [0.717, 1.165) is 11.0 Å². The molecule has 244 valence electrons. The molecule has 0 saturated heterocycles. The van der Waals surface area contributed by atoms with Gasteiger partial charge in [-0.25, -0.2) is 9.36 Å². The molecule has 2 aromatic rings. The number of carbonyl (C=O) groups is 1. The summed E-state index contributed by atoms with van der Waals surface area (Å²) in [5.74, 6) is -1.35. The maximum absolute atomic E-state index is 14.1. The number of benzene rings is 1. The van der Waals surface area contributed by atoms with Gasteiger partial charge in [0.05, 0.1) is 19.3 Å². The number of aliphatic hydroxyl groups excluding tert-OH is 1. The first-order valence-corrected chi connectivity index (χ1v) is 16.1. The van der Waals surface area contributed by atoms with Crippen LogP contribution in [0.2, 0.25) is 5.02 Å². The van der Waals surface area contributed by atoms with Gasteiger partial charge in [0.15, 0.2) is 6.23 Å². The molecule has 0 spiro atoms. The lowest BCUT2D eigenvalue weighted by molar-refractivity contribution is -0.145. The maximum atomic E-state index is 14.1. The SMILES string of the molecule is CCCCOC(=O)[C@H](C)NP(=O)(OCC[C@@H](O)[C@H](C)[C@@H](ON=[N+]=[N-])n1ccc(N)nc1=O)Oc1cc(C)c(Cl)cc1C(C)C. The third-order valence-electron chi connectivity index (χ3n) is 6.63. The van der Waals surface area contributed by atoms with Gasteiger partial charge in [-0.05, 0) is 67.5 Å². The Morgan fingerprint density at radius 3 is 2.61 bits per heavy atom. The minimum atomic E-state index is -4.27. The fourth-order valence-electron chi connectivity index (χ4n) is 3.99. The molecule has 0 aliphatic heterocycles. The van der Waals surface area contributed by atoms with E-state index >= 15 is 0 Å². The molecule has 5 atom stereocenters. The predicted molar refractivity (Wildman–Crippen MR) is 165 cm³/mol. The van der Waals surface area contributed by atoms with E-state index in [-0.39, 0.29) is 37.1 Å². The van der Waals surface area contributed by atoms with Crippen LogP contribution in [0.25, 0.3) is 10.4 Å². The van der Waals surface area contributed by atoms with Crippen LogP contribution in [-0.4, -0.2) is 46.0 Å². The van der Waals surface area contributed by atoms with Crippen LogP contribution in [0.1, 0.15) is 77.2 Å². The second-order valence-corrected chi connectivity index (χ2v) is 12.6. The van der Waals surface area contributed by atoms with Crippen LogP contribution in [0, 0.1) is 12.8 Å². The monoisotopic (exact) mass is 657 g/mol. The van der Waals surface area contributed by atoms with E-state index in [9.17, 15) is 19.3 Å². The maximum Gasteiger partial charge on any atom is 0.459 e. The zero-order chi connectivity index (χ0) is 33.0. The average Bonchev–Trinajstić information content (AvgIpc) is 2.95. The number of anilines is 1. The van der Waals surface area contributed by atoms with Crippen LogP contribution >= 0.6 is 19.3 Å². The minimum absolute atomic E-state index is 0.0291. The highest BCUT2D eigenvalue weighted by Crippen LogP contribution is 2.48. The molecule has 1 aromatic heterocycles. The van der Waals surface area contributed by atoms with Crippen molar-refractivity contribution >= 4 is 31.1 Å². The fraction of sp³-hybridized carbons (Fsp3) is 0.593. The van der Waals surface area contributed by atoms with Crippen molar-refractivity contribution in [2.45, 2.75) is 85.1 Å². The summed E-state index contributed by atoms with van der Waals surface area (Å²) in [4.78, 5) is 36.3. The molecule has 0 radical (unpaired) electrons. The number of nitrogen functional groups attached to an aromatic ring is 1. The molecule has 1 unspecified atom stereocenters. The molecule has 0 bridgehead atoms. The van der Waals surface area contributed by atoms with Crippen molar-refractivity contribution in [3.8, 4) is 5.75 Å². The van der Waals surface area contributed by atoms with Crippen LogP contribution in [0.15, 0.2) is 34.5 Å². The van der Waals surface area contributed by atoms with Crippen molar-refractivity contribution in [3.05, 3.63) is 61.5 Å². The standard InChI is InChI=1S/C27H41ClN7O8P/c1-7-8-12-40-26(37)19(6)32-44(39,43-23-14-17(4)21(28)15-20(23)16(2)3)41-13-10-22(36)18(5)25(42-34-33-30)35-11-9-24(29)31-27(35)38/h9,11,14-16,18-19,22,25,36H,7-8,10,12-13H2,1-6H3,(H,32,39)(H2,29,31,38)/t18-,19-,22+,25+,44?/m0/s1. The van der Waals surface area contributed by atoms with Gasteiger partial charge in [0, 0.05) is 22.0 Å².